The van der Waals surface area contributed by atoms with Crippen LogP contribution in [0.4, 0.5) is 0 Å². The molecule has 0 unspecified atom stereocenters. The van der Waals surface area contributed by atoms with Crippen LogP contribution in [0.1, 0.15) is 11.1 Å². The minimum absolute atomic E-state index is 0.838. The predicted molar refractivity (Wildman–Crippen MR) is 96.3 cm³/mol. The number of aromatic nitrogens is 1. The summed E-state index contributed by atoms with van der Waals surface area (Å²) in [4.78, 5) is 0. The molecule has 2 nitrogen and oxygen atoms in total. The molecule has 3 aromatic carbocycles. The van der Waals surface area contributed by atoms with E-state index in [0.717, 1.165) is 12.3 Å². The molecule has 0 radical (unpaired) electrons. The Labute approximate surface area is 135 Å². The number of aryl methyl sites for hydroxylation is 1. The zero-order chi connectivity index (χ0) is 15.8. The van der Waals surface area contributed by atoms with Crippen molar-refractivity contribution < 1.29 is 4.74 Å². The monoisotopic (exact) mass is 301 g/mol. The van der Waals surface area contributed by atoms with Crippen molar-refractivity contribution >= 4 is 21.8 Å². The van der Waals surface area contributed by atoms with E-state index in [9.17, 15) is 0 Å². The molecular weight excluding hydrogens is 282 g/mol. The Morgan fingerprint density at radius 1 is 0.870 bits per heavy atom. The van der Waals surface area contributed by atoms with Gasteiger partial charge in [0.25, 0.3) is 0 Å². The number of hydrogen-bond acceptors (Lipinski definition) is 1. The van der Waals surface area contributed by atoms with Gasteiger partial charge in [0, 0.05) is 22.8 Å². The van der Waals surface area contributed by atoms with Crippen LogP contribution in [0.25, 0.3) is 21.8 Å². The molecule has 0 aliphatic rings. The number of para-hydroxylation sites is 1. The van der Waals surface area contributed by atoms with Crippen LogP contribution in [-0.4, -0.2) is 11.7 Å². The van der Waals surface area contributed by atoms with E-state index in [0.29, 0.717) is 0 Å². The molecule has 0 aliphatic carbocycles. The largest absolute Gasteiger partial charge is 0.495 e. The first-order valence-electron chi connectivity index (χ1n) is 7.87. The van der Waals surface area contributed by atoms with Crippen LogP contribution in [-0.2, 0) is 6.54 Å². The van der Waals surface area contributed by atoms with Gasteiger partial charge in [-0.05, 0) is 36.2 Å². The fourth-order valence-electron chi connectivity index (χ4n) is 3.37. The van der Waals surface area contributed by atoms with Crippen LogP contribution in [0.15, 0.2) is 66.7 Å². The molecule has 0 saturated carbocycles. The number of hydrogen-bond donors (Lipinski definition) is 0. The van der Waals surface area contributed by atoms with Gasteiger partial charge in [-0.2, -0.15) is 0 Å². The first-order chi connectivity index (χ1) is 11.3. The Kier molecular flexibility index (Phi) is 3.30. The molecule has 1 heterocycles. The minimum atomic E-state index is 0.838. The van der Waals surface area contributed by atoms with E-state index in [1.807, 2.05) is 0 Å². The van der Waals surface area contributed by atoms with Crippen LogP contribution in [0.3, 0.4) is 0 Å². The predicted octanol–water partition coefficient (Wildman–Crippen LogP) is 5.16. The SMILES string of the molecule is COc1cc(C)cc2c3ccccc3n(Cc3ccccc3)c12. The molecule has 0 spiro atoms. The van der Waals surface area contributed by atoms with E-state index in [1.54, 1.807) is 7.11 Å². The van der Waals surface area contributed by atoms with Gasteiger partial charge in [0.15, 0.2) is 0 Å². The van der Waals surface area contributed by atoms with Crippen molar-refractivity contribution in [3.63, 3.8) is 0 Å². The van der Waals surface area contributed by atoms with Gasteiger partial charge < -0.3 is 9.30 Å². The Morgan fingerprint density at radius 3 is 2.39 bits per heavy atom. The second-order valence-corrected chi connectivity index (χ2v) is 5.95. The summed E-state index contributed by atoms with van der Waals surface area (Å²) in [7, 11) is 1.75. The van der Waals surface area contributed by atoms with Crippen molar-refractivity contribution in [2.24, 2.45) is 0 Å². The lowest BCUT2D eigenvalue weighted by atomic mass is 10.1. The molecule has 0 N–H and O–H groups in total. The van der Waals surface area contributed by atoms with Crippen molar-refractivity contribution in [2.45, 2.75) is 13.5 Å². The molecule has 4 aromatic rings. The van der Waals surface area contributed by atoms with Gasteiger partial charge in [-0.15, -0.1) is 0 Å². The summed E-state index contributed by atoms with van der Waals surface area (Å²) in [5.74, 6) is 0.937. The number of fused-ring (bicyclic) bond motifs is 3. The van der Waals surface area contributed by atoms with E-state index in [-0.39, 0.29) is 0 Å². The Morgan fingerprint density at radius 2 is 1.61 bits per heavy atom. The van der Waals surface area contributed by atoms with Crippen LogP contribution in [0.5, 0.6) is 5.75 Å². The summed E-state index contributed by atoms with van der Waals surface area (Å²) in [6.07, 6.45) is 0. The van der Waals surface area contributed by atoms with E-state index in [4.69, 9.17) is 4.74 Å². The molecule has 0 fully saturated rings. The normalized spacial score (nSPS) is 11.2. The smallest absolute Gasteiger partial charge is 0.143 e. The van der Waals surface area contributed by atoms with E-state index in [2.05, 4.69) is 78.2 Å². The molecule has 4 rings (SSSR count). The third-order valence-electron chi connectivity index (χ3n) is 4.38. The summed E-state index contributed by atoms with van der Waals surface area (Å²) in [5, 5.41) is 2.54. The standard InChI is InChI=1S/C21H19NO/c1-15-12-18-17-10-6-7-11-19(17)22(21(18)20(13-15)23-2)14-16-8-4-3-5-9-16/h3-13H,14H2,1-2H3. The lowest BCUT2D eigenvalue weighted by Crippen LogP contribution is -2.00. The molecule has 0 bridgehead atoms. The summed E-state index contributed by atoms with van der Waals surface area (Å²) in [5.41, 5.74) is 4.92. The summed E-state index contributed by atoms with van der Waals surface area (Å²) >= 11 is 0. The Bertz CT molecular complexity index is 983. The summed E-state index contributed by atoms with van der Waals surface area (Å²) < 4.78 is 8.05. The second-order valence-electron chi connectivity index (χ2n) is 5.95. The average Bonchev–Trinajstić information content (AvgIpc) is 2.89. The number of ether oxygens (including phenoxy) is 1. The maximum absolute atomic E-state index is 5.70. The molecule has 0 atom stereocenters. The molecule has 1 aromatic heterocycles. The van der Waals surface area contributed by atoms with Gasteiger partial charge in [-0.25, -0.2) is 0 Å². The maximum atomic E-state index is 5.70. The van der Waals surface area contributed by atoms with Gasteiger partial charge in [0.1, 0.15) is 5.75 Å². The second kappa shape index (κ2) is 5.47. The van der Waals surface area contributed by atoms with Crippen molar-refractivity contribution in [3.05, 3.63) is 77.9 Å². The van der Waals surface area contributed by atoms with Crippen LogP contribution >= 0.6 is 0 Å². The van der Waals surface area contributed by atoms with Crippen molar-refractivity contribution in [3.8, 4) is 5.75 Å². The maximum Gasteiger partial charge on any atom is 0.143 e. The van der Waals surface area contributed by atoms with Crippen LogP contribution < -0.4 is 4.74 Å². The number of benzene rings is 3. The summed E-state index contributed by atoms with van der Waals surface area (Å²) in [6.45, 7) is 2.95. The van der Waals surface area contributed by atoms with E-state index in [1.165, 1.54) is 32.9 Å². The third-order valence-corrected chi connectivity index (χ3v) is 4.38. The number of rotatable bonds is 3. The highest BCUT2D eigenvalue weighted by atomic mass is 16.5. The Hall–Kier alpha value is -2.74. The van der Waals surface area contributed by atoms with Crippen molar-refractivity contribution in [1.29, 1.82) is 0 Å². The van der Waals surface area contributed by atoms with Gasteiger partial charge >= 0.3 is 0 Å². The quantitative estimate of drug-likeness (QED) is 0.510. The highest BCUT2D eigenvalue weighted by Gasteiger charge is 2.15. The van der Waals surface area contributed by atoms with Gasteiger partial charge in [0.2, 0.25) is 0 Å². The van der Waals surface area contributed by atoms with Crippen LogP contribution in [0.2, 0.25) is 0 Å². The number of methoxy groups -OCH3 is 1. The minimum Gasteiger partial charge on any atom is -0.495 e. The van der Waals surface area contributed by atoms with Crippen molar-refractivity contribution in [1.82, 2.24) is 4.57 Å². The average molecular weight is 301 g/mol. The lowest BCUT2D eigenvalue weighted by Gasteiger charge is -2.11. The molecule has 0 saturated heterocycles. The van der Waals surface area contributed by atoms with E-state index >= 15 is 0 Å². The van der Waals surface area contributed by atoms with Gasteiger partial charge in [0.05, 0.1) is 12.6 Å². The fraction of sp³-hybridized carbons (Fsp3) is 0.143. The highest BCUT2D eigenvalue weighted by Crippen LogP contribution is 2.36. The Balaban J connectivity index is 2.07. The van der Waals surface area contributed by atoms with E-state index < -0.39 is 0 Å². The first kappa shape index (κ1) is 13.9. The molecule has 0 aliphatic heterocycles. The molecule has 2 heteroatoms. The van der Waals surface area contributed by atoms with Gasteiger partial charge in [-0.3, -0.25) is 0 Å². The lowest BCUT2D eigenvalue weighted by molar-refractivity contribution is 0.417. The fourth-order valence-corrected chi connectivity index (χ4v) is 3.37. The first-order valence-corrected chi connectivity index (χ1v) is 7.87. The summed E-state index contributed by atoms with van der Waals surface area (Å²) in [6, 6.07) is 23.5. The van der Waals surface area contributed by atoms with Crippen molar-refractivity contribution in [2.75, 3.05) is 7.11 Å². The van der Waals surface area contributed by atoms with Crippen LogP contribution in [0, 0.1) is 6.92 Å². The third kappa shape index (κ3) is 2.27. The number of nitrogens with zero attached hydrogens (tertiary/aromatic N) is 1. The molecular formula is C21H19NO. The zero-order valence-corrected chi connectivity index (χ0v) is 13.4. The van der Waals surface area contributed by atoms with Gasteiger partial charge in [-0.1, -0.05) is 48.5 Å². The molecule has 114 valence electrons. The highest BCUT2D eigenvalue weighted by molar-refractivity contribution is 6.10. The molecule has 23 heavy (non-hydrogen) atoms. The zero-order valence-electron chi connectivity index (χ0n) is 13.4. The molecule has 0 amide bonds. The topological polar surface area (TPSA) is 14.2 Å².